The number of allylic oxidation sites excluding steroid dienone is 4. The van der Waals surface area contributed by atoms with Crippen molar-refractivity contribution in [2.45, 2.75) is 335 Å². The largest absolute Gasteiger partial charge is 0.462 e. The van der Waals surface area contributed by atoms with Crippen molar-refractivity contribution < 1.29 is 28.6 Å². The zero-order valence-corrected chi connectivity index (χ0v) is 45.2. The summed E-state index contributed by atoms with van der Waals surface area (Å²) in [6.07, 6.45) is 66.0. The summed E-state index contributed by atoms with van der Waals surface area (Å²) < 4.78 is 16.9. The third-order valence-corrected chi connectivity index (χ3v) is 13.5. The highest BCUT2D eigenvalue weighted by atomic mass is 16.6. The maximum atomic E-state index is 12.9. The van der Waals surface area contributed by atoms with E-state index in [2.05, 4.69) is 45.1 Å². The Morgan fingerprint density at radius 3 is 0.851 bits per heavy atom. The lowest BCUT2D eigenvalue weighted by molar-refractivity contribution is -0.167. The van der Waals surface area contributed by atoms with Crippen molar-refractivity contribution in [3.05, 3.63) is 24.3 Å². The van der Waals surface area contributed by atoms with Gasteiger partial charge in [0.25, 0.3) is 0 Å². The molecule has 1 atom stereocenters. The normalized spacial score (nSPS) is 12.1. The minimum Gasteiger partial charge on any atom is -0.462 e. The molecule has 0 saturated heterocycles. The molecule has 394 valence electrons. The van der Waals surface area contributed by atoms with Crippen LogP contribution in [-0.2, 0) is 28.6 Å². The summed E-state index contributed by atoms with van der Waals surface area (Å²) in [5.74, 6) is -0.860. The molecule has 0 aliphatic heterocycles. The molecule has 0 aliphatic carbocycles. The third-order valence-electron chi connectivity index (χ3n) is 13.5. The highest BCUT2D eigenvalue weighted by molar-refractivity contribution is 5.71. The van der Waals surface area contributed by atoms with E-state index in [0.717, 1.165) is 77.0 Å². The van der Waals surface area contributed by atoms with Crippen LogP contribution < -0.4 is 0 Å². The van der Waals surface area contributed by atoms with Crippen LogP contribution in [-0.4, -0.2) is 37.2 Å². The molecule has 0 saturated carbocycles. The van der Waals surface area contributed by atoms with E-state index < -0.39 is 6.10 Å². The second-order valence-electron chi connectivity index (χ2n) is 20.3. The summed E-state index contributed by atoms with van der Waals surface area (Å²) in [7, 11) is 0. The molecule has 0 unspecified atom stereocenters. The molecule has 0 fully saturated rings. The lowest BCUT2D eigenvalue weighted by Gasteiger charge is -2.18. The average Bonchev–Trinajstić information content (AvgIpc) is 3.33. The summed E-state index contributed by atoms with van der Waals surface area (Å²) in [5.41, 5.74) is 0. The van der Waals surface area contributed by atoms with E-state index in [4.69, 9.17) is 14.2 Å². The first-order valence-corrected chi connectivity index (χ1v) is 29.8. The molecule has 0 aromatic heterocycles. The van der Waals surface area contributed by atoms with Gasteiger partial charge in [-0.2, -0.15) is 0 Å². The van der Waals surface area contributed by atoms with Gasteiger partial charge in [-0.25, -0.2) is 0 Å². The van der Waals surface area contributed by atoms with Crippen molar-refractivity contribution in [2.24, 2.45) is 0 Å². The van der Waals surface area contributed by atoms with E-state index in [-0.39, 0.29) is 31.1 Å². The Balaban J connectivity index is 4.33. The molecular weight excluding hydrogens is 829 g/mol. The Kier molecular flexibility index (Phi) is 54.7. The van der Waals surface area contributed by atoms with Gasteiger partial charge < -0.3 is 14.2 Å². The van der Waals surface area contributed by atoms with Gasteiger partial charge in [0, 0.05) is 19.3 Å². The predicted molar refractivity (Wildman–Crippen MR) is 289 cm³/mol. The molecule has 0 radical (unpaired) electrons. The van der Waals surface area contributed by atoms with Crippen LogP contribution in [0.2, 0.25) is 0 Å². The van der Waals surface area contributed by atoms with Gasteiger partial charge >= 0.3 is 17.9 Å². The Morgan fingerprint density at radius 1 is 0.299 bits per heavy atom. The fourth-order valence-corrected chi connectivity index (χ4v) is 8.95. The van der Waals surface area contributed by atoms with Crippen LogP contribution in [0, 0.1) is 0 Å². The van der Waals surface area contributed by atoms with Crippen LogP contribution in [0.5, 0.6) is 0 Å². The summed E-state index contributed by atoms with van der Waals surface area (Å²) in [5, 5.41) is 0. The second-order valence-corrected chi connectivity index (χ2v) is 20.3. The van der Waals surface area contributed by atoms with Crippen molar-refractivity contribution in [1.29, 1.82) is 0 Å². The van der Waals surface area contributed by atoms with Gasteiger partial charge in [-0.15, -0.1) is 0 Å². The number of ether oxygens (including phenoxy) is 3. The first-order chi connectivity index (χ1) is 33.0. The number of hydrogen-bond donors (Lipinski definition) is 0. The van der Waals surface area contributed by atoms with Crippen LogP contribution >= 0.6 is 0 Å². The molecular formula is C61H114O6. The number of carbonyl (C=O) groups excluding carboxylic acids is 3. The number of hydrogen-bond acceptors (Lipinski definition) is 6. The number of carbonyl (C=O) groups is 3. The minimum absolute atomic E-state index is 0.0700. The molecule has 6 heteroatoms. The van der Waals surface area contributed by atoms with Gasteiger partial charge in [-0.05, 0) is 51.4 Å². The fraction of sp³-hybridized carbons (Fsp3) is 0.885. The average molecular weight is 944 g/mol. The van der Waals surface area contributed by atoms with Crippen molar-refractivity contribution in [2.75, 3.05) is 13.2 Å². The third kappa shape index (κ3) is 54.7. The van der Waals surface area contributed by atoms with Gasteiger partial charge in [0.05, 0.1) is 0 Å². The van der Waals surface area contributed by atoms with E-state index in [1.807, 2.05) is 0 Å². The first-order valence-electron chi connectivity index (χ1n) is 29.8. The summed E-state index contributed by atoms with van der Waals surface area (Å²) in [4.78, 5) is 38.2. The molecule has 0 amide bonds. The first kappa shape index (κ1) is 64.9. The number of rotatable bonds is 55. The van der Waals surface area contributed by atoms with E-state index >= 15 is 0 Å². The maximum Gasteiger partial charge on any atom is 0.306 e. The molecule has 6 nitrogen and oxygen atoms in total. The SMILES string of the molecule is CCCCC/C=C\C/C=C\CCCCCCCC(=O)OC[C@H](COC(=O)CCCCCCCCCCCCCCCCC)OC(=O)CCCCCCCCCCCCCCCCCCCCC. The van der Waals surface area contributed by atoms with Crippen LogP contribution in [0.4, 0.5) is 0 Å². The summed E-state index contributed by atoms with van der Waals surface area (Å²) >= 11 is 0. The minimum atomic E-state index is -0.772. The lowest BCUT2D eigenvalue weighted by atomic mass is 10.0. The lowest BCUT2D eigenvalue weighted by Crippen LogP contribution is -2.30. The highest BCUT2D eigenvalue weighted by Crippen LogP contribution is 2.17. The quantitative estimate of drug-likeness (QED) is 0.0262. The second kappa shape index (κ2) is 56.5. The maximum absolute atomic E-state index is 12.9. The molecule has 0 rings (SSSR count). The molecule has 0 spiro atoms. The van der Waals surface area contributed by atoms with Gasteiger partial charge in [0.2, 0.25) is 0 Å². The number of esters is 3. The Bertz CT molecular complexity index is 1080. The smallest absolute Gasteiger partial charge is 0.306 e. The zero-order chi connectivity index (χ0) is 48.6. The van der Waals surface area contributed by atoms with Crippen molar-refractivity contribution in [3.63, 3.8) is 0 Å². The Labute approximate surface area is 417 Å². The number of unbranched alkanes of at least 4 members (excludes halogenated alkanes) is 40. The summed E-state index contributed by atoms with van der Waals surface area (Å²) in [6.45, 7) is 6.66. The van der Waals surface area contributed by atoms with E-state index in [9.17, 15) is 14.4 Å². The van der Waals surface area contributed by atoms with Crippen LogP contribution in [0.25, 0.3) is 0 Å². The van der Waals surface area contributed by atoms with Crippen LogP contribution in [0.1, 0.15) is 329 Å². The fourth-order valence-electron chi connectivity index (χ4n) is 8.95. The molecule has 0 aliphatic rings. The van der Waals surface area contributed by atoms with E-state index in [0.29, 0.717) is 19.3 Å². The van der Waals surface area contributed by atoms with Gasteiger partial charge in [-0.1, -0.05) is 283 Å². The van der Waals surface area contributed by atoms with E-state index in [1.54, 1.807) is 0 Å². The van der Waals surface area contributed by atoms with Gasteiger partial charge in [-0.3, -0.25) is 14.4 Å². The molecule has 67 heavy (non-hydrogen) atoms. The van der Waals surface area contributed by atoms with Crippen molar-refractivity contribution >= 4 is 17.9 Å². The molecule has 0 aromatic carbocycles. The monoisotopic (exact) mass is 943 g/mol. The Hall–Kier alpha value is -2.11. The Morgan fingerprint density at radius 2 is 0.537 bits per heavy atom. The molecule has 0 heterocycles. The molecule has 0 bridgehead atoms. The van der Waals surface area contributed by atoms with E-state index in [1.165, 1.54) is 212 Å². The predicted octanol–water partition coefficient (Wildman–Crippen LogP) is 19.9. The zero-order valence-electron chi connectivity index (χ0n) is 45.2. The van der Waals surface area contributed by atoms with Crippen molar-refractivity contribution in [3.8, 4) is 0 Å². The van der Waals surface area contributed by atoms with Crippen LogP contribution in [0.3, 0.4) is 0 Å². The van der Waals surface area contributed by atoms with Gasteiger partial charge in [0.1, 0.15) is 13.2 Å². The standard InChI is InChI=1S/C61H114O6/c1-4-7-10-13-16-19-22-25-28-29-30-31-34-37-40-43-46-49-52-55-61(64)67-58(56-65-59(62)53-50-47-44-41-38-35-32-26-23-20-17-14-11-8-5-2)57-66-60(63)54-51-48-45-42-39-36-33-27-24-21-18-15-12-9-6-3/h17,20,26,32,58H,4-16,18-19,21-25,27-31,33-57H2,1-3H3/b20-17-,32-26-/t58-/m1/s1. The molecule has 0 N–H and O–H groups in total. The van der Waals surface area contributed by atoms with Gasteiger partial charge in [0.15, 0.2) is 6.10 Å². The highest BCUT2D eigenvalue weighted by Gasteiger charge is 2.19. The van der Waals surface area contributed by atoms with Crippen LogP contribution in [0.15, 0.2) is 24.3 Å². The van der Waals surface area contributed by atoms with Crippen molar-refractivity contribution in [1.82, 2.24) is 0 Å². The topological polar surface area (TPSA) is 78.9 Å². The summed E-state index contributed by atoms with van der Waals surface area (Å²) in [6, 6.07) is 0. The molecule has 0 aromatic rings.